The summed E-state index contributed by atoms with van der Waals surface area (Å²) in [6, 6.07) is 11.5. The minimum atomic E-state index is 0.589. The van der Waals surface area contributed by atoms with Gasteiger partial charge in [0.15, 0.2) is 0 Å². The van der Waals surface area contributed by atoms with Gasteiger partial charge in [0.2, 0.25) is 0 Å². The van der Waals surface area contributed by atoms with Crippen LogP contribution in [0.4, 0.5) is 0 Å². The first kappa shape index (κ1) is 10.7. The maximum absolute atomic E-state index is 3.57. The van der Waals surface area contributed by atoms with Crippen molar-refractivity contribution >= 4 is 0 Å². The van der Waals surface area contributed by atoms with Crippen LogP contribution in [0.15, 0.2) is 30.3 Å². The zero-order valence-corrected chi connectivity index (χ0v) is 9.37. The molecule has 1 aromatic carbocycles. The lowest BCUT2D eigenvalue weighted by molar-refractivity contribution is 0.349. The van der Waals surface area contributed by atoms with Gasteiger partial charge in [0, 0.05) is 18.5 Å². The Hall–Kier alpha value is -0.860. The normalized spacial score (nSPS) is 26.5. The van der Waals surface area contributed by atoms with Crippen LogP contribution in [0.2, 0.25) is 0 Å². The van der Waals surface area contributed by atoms with Crippen LogP contribution in [-0.2, 0) is 0 Å². The molecule has 2 N–H and O–H groups in total. The van der Waals surface area contributed by atoms with Crippen LogP contribution in [-0.4, -0.2) is 25.7 Å². The first-order valence-electron chi connectivity index (χ1n) is 5.91. The summed E-state index contributed by atoms with van der Waals surface area (Å²) in [5.41, 5.74) is 1.48. The van der Waals surface area contributed by atoms with E-state index in [1.54, 1.807) is 0 Å². The van der Waals surface area contributed by atoms with Gasteiger partial charge in [0.05, 0.1) is 0 Å². The van der Waals surface area contributed by atoms with Crippen molar-refractivity contribution in [3.63, 3.8) is 0 Å². The van der Waals surface area contributed by atoms with Crippen molar-refractivity contribution in [2.75, 3.05) is 19.6 Å². The summed E-state index contributed by atoms with van der Waals surface area (Å²) in [5, 5.41) is 7.03. The fraction of sp³-hybridized carbons (Fsp3) is 0.538. The second-order valence-electron chi connectivity index (χ2n) is 4.17. The molecule has 1 aliphatic rings. The summed E-state index contributed by atoms with van der Waals surface area (Å²) in [6.45, 7) is 5.46. The third-order valence-electron chi connectivity index (χ3n) is 3.18. The van der Waals surface area contributed by atoms with Crippen LogP contribution in [0.5, 0.6) is 0 Å². The minimum absolute atomic E-state index is 0.589. The second-order valence-corrected chi connectivity index (χ2v) is 4.17. The Balaban J connectivity index is 2.11. The van der Waals surface area contributed by atoms with E-state index in [9.17, 15) is 0 Å². The summed E-state index contributed by atoms with van der Waals surface area (Å²) in [6.07, 6.45) is 1.24. The predicted molar refractivity (Wildman–Crippen MR) is 64.1 cm³/mol. The molecule has 2 heteroatoms. The van der Waals surface area contributed by atoms with Gasteiger partial charge in [-0.2, -0.15) is 0 Å². The van der Waals surface area contributed by atoms with Gasteiger partial charge in [0.25, 0.3) is 0 Å². The number of hydrogen-bond donors (Lipinski definition) is 2. The van der Waals surface area contributed by atoms with Gasteiger partial charge in [-0.25, -0.2) is 0 Å². The molecule has 1 aliphatic heterocycles. The smallest absolute Gasteiger partial charge is 0.0261 e. The van der Waals surface area contributed by atoms with Crippen LogP contribution in [0.25, 0.3) is 0 Å². The topological polar surface area (TPSA) is 24.1 Å². The van der Waals surface area contributed by atoms with E-state index >= 15 is 0 Å². The molecule has 0 amide bonds. The number of benzene rings is 1. The first-order valence-corrected chi connectivity index (χ1v) is 5.91. The zero-order valence-electron chi connectivity index (χ0n) is 9.37. The van der Waals surface area contributed by atoms with Gasteiger partial charge in [-0.15, -0.1) is 0 Å². The summed E-state index contributed by atoms with van der Waals surface area (Å²) >= 11 is 0. The molecule has 1 aromatic rings. The van der Waals surface area contributed by atoms with E-state index in [-0.39, 0.29) is 0 Å². The van der Waals surface area contributed by atoms with Crippen molar-refractivity contribution < 1.29 is 0 Å². The van der Waals surface area contributed by atoms with Crippen LogP contribution in [0.1, 0.15) is 24.8 Å². The van der Waals surface area contributed by atoms with Gasteiger partial charge < -0.3 is 10.6 Å². The highest BCUT2D eigenvalue weighted by molar-refractivity contribution is 5.22. The lowest BCUT2D eigenvalue weighted by atomic mass is 9.86. The average Bonchev–Trinajstić information content (AvgIpc) is 2.31. The van der Waals surface area contributed by atoms with Gasteiger partial charge in [-0.3, -0.25) is 0 Å². The van der Waals surface area contributed by atoms with E-state index < -0.39 is 0 Å². The molecule has 0 aromatic heterocycles. The fourth-order valence-corrected chi connectivity index (χ4v) is 2.43. The number of nitrogens with one attached hydrogen (secondary N) is 2. The Labute approximate surface area is 92.1 Å². The van der Waals surface area contributed by atoms with E-state index in [1.807, 2.05) is 0 Å². The van der Waals surface area contributed by atoms with E-state index in [0.717, 1.165) is 19.6 Å². The molecule has 2 unspecified atom stereocenters. The van der Waals surface area contributed by atoms with Gasteiger partial charge in [-0.1, -0.05) is 37.3 Å². The largest absolute Gasteiger partial charge is 0.315 e. The van der Waals surface area contributed by atoms with Crippen LogP contribution in [0.3, 0.4) is 0 Å². The molecule has 15 heavy (non-hydrogen) atoms. The summed E-state index contributed by atoms with van der Waals surface area (Å²) in [7, 11) is 0. The Morgan fingerprint density at radius 1 is 1.33 bits per heavy atom. The average molecular weight is 204 g/mol. The fourth-order valence-electron chi connectivity index (χ4n) is 2.43. The number of hydrogen-bond acceptors (Lipinski definition) is 2. The Morgan fingerprint density at radius 2 is 2.13 bits per heavy atom. The Kier molecular flexibility index (Phi) is 3.75. The predicted octanol–water partition coefficient (Wildman–Crippen LogP) is 1.74. The molecular weight excluding hydrogens is 184 g/mol. The monoisotopic (exact) mass is 204 g/mol. The van der Waals surface area contributed by atoms with E-state index in [2.05, 4.69) is 47.9 Å². The molecule has 0 spiro atoms. The van der Waals surface area contributed by atoms with Crippen molar-refractivity contribution in [3.8, 4) is 0 Å². The second kappa shape index (κ2) is 5.29. The minimum Gasteiger partial charge on any atom is -0.315 e. The SMILES string of the molecule is CCNC1CNCCC1c1ccccc1. The molecule has 0 saturated carbocycles. The number of rotatable bonds is 3. The highest BCUT2D eigenvalue weighted by Gasteiger charge is 2.24. The molecule has 2 atom stereocenters. The highest BCUT2D eigenvalue weighted by Crippen LogP contribution is 2.25. The molecule has 2 nitrogen and oxygen atoms in total. The van der Waals surface area contributed by atoms with E-state index in [0.29, 0.717) is 12.0 Å². The molecule has 1 heterocycles. The van der Waals surface area contributed by atoms with Crippen molar-refractivity contribution in [1.82, 2.24) is 10.6 Å². The number of piperidine rings is 1. The summed E-state index contributed by atoms with van der Waals surface area (Å²) < 4.78 is 0. The van der Waals surface area contributed by atoms with Gasteiger partial charge in [-0.05, 0) is 25.1 Å². The van der Waals surface area contributed by atoms with E-state index in [4.69, 9.17) is 0 Å². The molecule has 0 bridgehead atoms. The molecule has 1 saturated heterocycles. The zero-order chi connectivity index (χ0) is 10.5. The van der Waals surface area contributed by atoms with Crippen LogP contribution < -0.4 is 10.6 Å². The molecule has 0 radical (unpaired) electrons. The van der Waals surface area contributed by atoms with Crippen molar-refractivity contribution in [3.05, 3.63) is 35.9 Å². The van der Waals surface area contributed by atoms with Crippen LogP contribution >= 0.6 is 0 Å². The standard InChI is InChI=1S/C13H20N2/c1-2-15-13-10-14-9-8-12(13)11-6-4-3-5-7-11/h3-7,12-15H,2,8-10H2,1H3. The maximum atomic E-state index is 3.57. The van der Waals surface area contributed by atoms with Crippen LogP contribution in [0, 0.1) is 0 Å². The first-order chi connectivity index (χ1) is 7.42. The molecule has 0 aliphatic carbocycles. The number of likely N-dealkylation sites (N-methyl/N-ethyl adjacent to an activating group) is 1. The van der Waals surface area contributed by atoms with Crippen molar-refractivity contribution in [2.45, 2.75) is 25.3 Å². The van der Waals surface area contributed by atoms with E-state index in [1.165, 1.54) is 12.0 Å². The quantitative estimate of drug-likeness (QED) is 0.783. The summed E-state index contributed by atoms with van der Waals surface area (Å²) in [4.78, 5) is 0. The lowest BCUT2D eigenvalue weighted by Crippen LogP contribution is -2.47. The third kappa shape index (κ3) is 2.58. The van der Waals surface area contributed by atoms with Crippen molar-refractivity contribution in [1.29, 1.82) is 0 Å². The molecule has 2 rings (SSSR count). The van der Waals surface area contributed by atoms with Gasteiger partial charge >= 0.3 is 0 Å². The van der Waals surface area contributed by atoms with Gasteiger partial charge in [0.1, 0.15) is 0 Å². The Morgan fingerprint density at radius 3 is 2.87 bits per heavy atom. The molecule has 82 valence electrons. The maximum Gasteiger partial charge on any atom is 0.0261 e. The summed E-state index contributed by atoms with van der Waals surface area (Å²) in [5.74, 6) is 0.674. The molecule has 1 fully saturated rings. The highest BCUT2D eigenvalue weighted by atomic mass is 15.0. The lowest BCUT2D eigenvalue weighted by Gasteiger charge is -2.33. The van der Waals surface area contributed by atoms with Crippen molar-refractivity contribution in [2.24, 2.45) is 0 Å². The Bertz CT molecular complexity index is 282. The molecular formula is C13H20N2. The third-order valence-corrected chi connectivity index (χ3v) is 3.18.